The lowest BCUT2D eigenvalue weighted by molar-refractivity contribution is -0.135. The number of anilines is 1. The maximum atomic E-state index is 13.2. The van der Waals surface area contributed by atoms with E-state index in [0.29, 0.717) is 58.3 Å². The summed E-state index contributed by atoms with van der Waals surface area (Å²) in [7, 11) is -1.36. The summed E-state index contributed by atoms with van der Waals surface area (Å²) in [6.45, 7) is 1.24. The molecule has 1 aromatic carbocycles. The van der Waals surface area contributed by atoms with Crippen LogP contribution in [0, 0.1) is 0 Å². The van der Waals surface area contributed by atoms with Gasteiger partial charge in [-0.15, -0.1) is 0 Å². The number of sulfonamides is 1. The van der Waals surface area contributed by atoms with Gasteiger partial charge in [0.05, 0.1) is 18.9 Å². The highest BCUT2D eigenvalue weighted by atomic mass is 32.2. The van der Waals surface area contributed by atoms with Gasteiger partial charge in [-0.25, -0.2) is 17.5 Å². The molecule has 0 aromatic heterocycles. The van der Waals surface area contributed by atoms with E-state index in [1.807, 2.05) is 0 Å². The molecule has 0 amide bonds. The van der Waals surface area contributed by atoms with E-state index in [1.165, 1.54) is 26.2 Å². The first-order valence-corrected chi connectivity index (χ1v) is 12.8. The number of rotatable bonds is 13. The van der Waals surface area contributed by atoms with E-state index in [1.54, 1.807) is 0 Å². The van der Waals surface area contributed by atoms with Gasteiger partial charge in [-0.05, 0) is 25.0 Å². The van der Waals surface area contributed by atoms with Crippen LogP contribution in [0.15, 0.2) is 17.0 Å². The number of alkyl halides is 3. The van der Waals surface area contributed by atoms with Gasteiger partial charge >= 0.3 is 12.1 Å². The zero-order valence-corrected chi connectivity index (χ0v) is 20.3. The Morgan fingerprint density at radius 3 is 2.35 bits per heavy atom. The van der Waals surface area contributed by atoms with Crippen molar-refractivity contribution in [2.45, 2.75) is 68.5 Å². The third-order valence-electron chi connectivity index (χ3n) is 5.49. The molecule has 0 aliphatic carbocycles. The molecular formula is C22H33F3N2O6S. The van der Waals surface area contributed by atoms with Crippen molar-refractivity contribution in [1.29, 1.82) is 0 Å². The molecule has 0 spiro atoms. The van der Waals surface area contributed by atoms with E-state index < -0.39 is 28.6 Å². The first-order chi connectivity index (χ1) is 15.9. The topological polar surface area (TPSA) is 105 Å². The third kappa shape index (κ3) is 8.31. The lowest BCUT2D eigenvalue weighted by Crippen LogP contribution is -2.29. The monoisotopic (exact) mass is 510 g/mol. The van der Waals surface area contributed by atoms with Crippen LogP contribution in [0.5, 0.6) is 5.75 Å². The van der Waals surface area contributed by atoms with Gasteiger partial charge in [-0.2, -0.15) is 13.2 Å². The summed E-state index contributed by atoms with van der Waals surface area (Å²) >= 11 is 0. The van der Waals surface area contributed by atoms with Gasteiger partial charge in [0.15, 0.2) is 5.75 Å². The minimum Gasteiger partial charge on any atom is -0.488 e. The summed E-state index contributed by atoms with van der Waals surface area (Å²) < 4.78 is 75.2. The van der Waals surface area contributed by atoms with E-state index in [-0.39, 0.29) is 34.4 Å². The fourth-order valence-corrected chi connectivity index (χ4v) is 4.77. The standard InChI is InChI=1S/C22H33F3N2O6S/c1-27(2)34(30,31)20-18(26-13-7-5-3-4-6-12-22(23,24)25)9-8-17(21(28)29)19(20)33-16-10-14-32-15-11-16/h8-9,16,26H,3-7,10-15H2,1-2H3,(H,28,29). The highest BCUT2D eigenvalue weighted by Gasteiger charge is 2.32. The second kappa shape index (κ2) is 12.6. The maximum Gasteiger partial charge on any atom is 0.389 e. The van der Waals surface area contributed by atoms with E-state index >= 15 is 0 Å². The van der Waals surface area contributed by atoms with E-state index in [4.69, 9.17) is 9.47 Å². The predicted octanol–water partition coefficient (Wildman–Crippen LogP) is 4.51. The van der Waals surface area contributed by atoms with Crippen LogP contribution in [0.1, 0.15) is 61.7 Å². The van der Waals surface area contributed by atoms with Crippen LogP contribution in [0.25, 0.3) is 0 Å². The summed E-state index contributed by atoms with van der Waals surface area (Å²) in [5.74, 6) is -1.51. The molecule has 1 heterocycles. The van der Waals surface area contributed by atoms with Crippen LogP contribution in [0.4, 0.5) is 18.9 Å². The zero-order chi connectivity index (χ0) is 25.4. The van der Waals surface area contributed by atoms with Crippen molar-refractivity contribution in [1.82, 2.24) is 4.31 Å². The Hall–Kier alpha value is -2.05. The number of carboxylic acid groups (broad SMARTS) is 1. The largest absolute Gasteiger partial charge is 0.488 e. The van der Waals surface area contributed by atoms with Crippen molar-refractivity contribution in [3.05, 3.63) is 17.7 Å². The number of carbonyl (C=O) groups is 1. The number of nitrogens with one attached hydrogen (secondary N) is 1. The van der Waals surface area contributed by atoms with Gasteiger partial charge in [-0.1, -0.05) is 19.3 Å². The number of aromatic carboxylic acids is 1. The van der Waals surface area contributed by atoms with Gasteiger partial charge in [0.25, 0.3) is 0 Å². The first kappa shape index (κ1) is 28.2. The van der Waals surface area contributed by atoms with E-state index in [0.717, 1.165) is 4.31 Å². The predicted molar refractivity (Wildman–Crippen MR) is 121 cm³/mol. The van der Waals surface area contributed by atoms with Crippen molar-refractivity contribution in [3.63, 3.8) is 0 Å². The Morgan fingerprint density at radius 2 is 1.76 bits per heavy atom. The molecule has 1 saturated heterocycles. The number of unbranched alkanes of at least 4 members (excludes halogenated alkanes) is 4. The average molecular weight is 511 g/mol. The number of carboxylic acids is 1. The van der Waals surface area contributed by atoms with Crippen LogP contribution in [0.2, 0.25) is 0 Å². The first-order valence-electron chi connectivity index (χ1n) is 11.3. The minimum absolute atomic E-state index is 0.0890. The summed E-state index contributed by atoms with van der Waals surface area (Å²) in [6, 6.07) is 2.71. The molecular weight excluding hydrogens is 477 g/mol. The Labute approximate surface area is 198 Å². The Bertz CT molecular complexity index is 916. The lowest BCUT2D eigenvalue weighted by atomic mass is 10.1. The molecule has 0 atom stereocenters. The second-order valence-corrected chi connectivity index (χ2v) is 10.5. The second-order valence-electron chi connectivity index (χ2n) is 8.40. The molecule has 0 bridgehead atoms. The highest BCUT2D eigenvalue weighted by Crippen LogP contribution is 2.38. The van der Waals surface area contributed by atoms with Crippen molar-refractivity contribution in [2.75, 3.05) is 39.2 Å². The van der Waals surface area contributed by atoms with Crippen molar-refractivity contribution < 1.29 is 41.0 Å². The summed E-state index contributed by atoms with van der Waals surface area (Å²) in [4.78, 5) is 11.6. The smallest absolute Gasteiger partial charge is 0.389 e. The molecule has 0 saturated carbocycles. The molecule has 0 radical (unpaired) electrons. The molecule has 0 unspecified atom stereocenters. The Balaban J connectivity index is 2.17. The molecule has 34 heavy (non-hydrogen) atoms. The molecule has 2 N–H and O–H groups in total. The molecule has 1 aliphatic heterocycles. The van der Waals surface area contributed by atoms with Gasteiger partial charge in [-0.3, -0.25) is 0 Å². The molecule has 8 nitrogen and oxygen atoms in total. The van der Waals surface area contributed by atoms with Gasteiger partial charge in [0.1, 0.15) is 16.6 Å². The molecule has 1 aliphatic rings. The molecule has 2 rings (SSSR count). The molecule has 12 heteroatoms. The van der Waals surface area contributed by atoms with Crippen molar-refractivity contribution in [2.24, 2.45) is 0 Å². The quantitative estimate of drug-likeness (QED) is 0.376. The highest BCUT2D eigenvalue weighted by molar-refractivity contribution is 7.89. The Kier molecular flexibility index (Phi) is 10.4. The number of hydrogen-bond acceptors (Lipinski definition) is 6. The van der Waals surface area contributed by atoms with E-state index in [2.05, 4.69) is 5.32 Å². The normalized spacial score (nSPS) is 15.5. The summed E-state index contributed by atoms with van der Waals surface area (Å²) in [5, 5.41) is 12.7. The summed E-state index contributed by atoms with van der Waals surface area (Å²) in [5.41, 5.74) is -0.0278. The zero-order valence-electron chi connectivity index (χ0n) is 19.5. The maximum absolute atomic E-state index is 13.2. The fraction of sp³-hybridized carbons (Fsp3) is 0.682. The molecule has 1 aromatic rings. The van der Waals surface area contributed by atoms with Gasteiger partial charge in [0, 0.05) is 39.9 Å². The van der Waals surface area contributed by atoms with Crippen LogP contribution < -0.4 is 10.1 Å². The lowest BCUT2D eigenvalue weighted by Gasteiger charge is -2.27. The van der Waals surface area contributed by atoms with Crippen molar-refractivity contribution >= 4 is 21.7 Å². The van der Waals surface area contributed by atoms with Crippen LogP contribution in [-0.2, 0) is 14.8 Å². The third-order valence-corrected chi connectivity index (χ3v) is 7.37. The van der Waals surface area contributed by atoms with Crippen LogP contribution in [-0.4, -0.2) is 69.9 Å². The molecule has 1 fully saturated rings. The van der Waals surface area contributed by atoms with Crippen molar-refractivity contribution in [3.8, 4) is 5.75 Å². The van der Waals surface area contributed by atoms with Gasteiger partial charge in [0.2, 0.25) is 10.0 Å². The molecule has 194 valence electrons. The number of benzene rings is 1. The number of halogens is 3. The van der Waals surface area contributed by atoms with Gasteiger partial charge < -0.3 is 19.9 Å². The summed E-state index contributed by atoms with van der Waals surface area (Å²) in [6.07, 6.45) is -1.80. The number of hydrogen-bond donors (Lipinski definition) is 2. The SMILES string of the molecule is CN(C)S(=O)(=O)c1c(NCCCCCCCC(F)(F)F)ccc(C(=O)O)c1OC1CCOCC1. The number of nitrogens with zero attached hydrogens (tertiary/aromatic N) is 1. The van der Waals surface area contributed by atoms with Crippen LogP contribution in [0.3, 0.4) is 0 Å². The number of ether oxygens (including phenoxy) is 2. The fourth-order valence-electron chi connectivity index (χ4n) is 3.59. The average Bonchev–Trinajstić information content (AvgIpc) is 2.75. The minimum atomic E-state index is -4.14. The van der Waals surface area contributed by atoms with Crippen LogP contribution >= 0.6 is 0 Å². The Morgan fingerprint density at radius 1 is 1.15 bits per heavy atom. The van der Waals surface area contributed by atoms with E-state index in [9.17, 15) is 31.5 Å².